The van der Waals surface area contributed by atoms with E-state index in [0.29, 0.717) is 0 Å². The van der Waals surface area contributed by atoms with Crippen LogP contribution >= 0.6 is 11.6 Å². The summed E-state index contributed by atoms with van der Waals surface area (Å²) in [6.45, 7) is 9.25. The number of hydrogen-bond acceptors (Lipinski definition) is 2. The molecule has 1 aromatic heterocycles. The van der Waals surface area contributed by atoms with Crippen LogP contribution in [-0.2, 0) is 6.54 Å². The van der Waals surface area contributed by atoms with Crippen LogP contribution in [0.5, 0.6) is 0 Å². The van der Waals surface area contributed by atoms with Crippen molar-refractivity contribution in [3.05, 3.63) is 23.0 Å². The zero-order chi connectivity index (χ0) is 14.1. The molecule has 0 saturated heterocycles. The fourth-order valence-electron chi connectivity index (χ4n) is 1.93. The van der Waals surface area contributed by atoms with E-state index in [1.54, 1.807) is 0 Å². The molecule has 0 unspecified atom stereocenters. The third-order valence-electron chi connectivity index (χ3n) is 3.75. The maximum Gasteiger partial charge on any atom is 0.179 e. The summed E-state index contributed by atoms with van der Waals surface area (Å²) in [6.07, 6.45) is 0. The molecule has 0 fully saturated rings. The van der Waals surface area contributed by atoms with Crippen LogP contribution < -0.4 is 0 Å². The average molecular weight is 271 g/mol. The highest BCUT2D eigenvalue weighted by molar-refractivity contribution is 6.30. The molecule has 102 valence electrons. The molecule has 18 heavy (non-hydrogen) atoms. The maximum absolute atomic E-state index is 11.7. The summed E-state index contributed by atoms with van der Waals surface area (Å²) in [7, 11) is 4.14. The van der Waals surface area contributed by atoms with Crippen molar-refractivity contribution in [1.29, 1.82) is 0 Å². The molecule has 0 aliphatic rings. The van der Waals surface area contributed by atoms with E-state index in [0.717, 1.165) is 23.5 Å². The molecule has 0 bridgehead atoms. The lowest BCUT2D eigenvalue weighted by atomic mass is 10.0. The highest BCUT2D eigenvalue weighted by Crippen LogP contribution is 2.21. The van der Waals surface area contributed by atoms with E-state index in [4.69, 9.17) is 11.6 Å². The van der Waals surface area contributed by atoms with Gasteiger partial charge in [-0.3, -0.25) is 4.79 Å². The second kappa shape index (κ2) is 5.45. The number of rotatable bonds is 5. The van der Waals surface area contributed by atoms with Crippen molar-refractivity contribution in [3.8, 4) is 0 Å². The number of ketones is 1. The summed E-state index contributed by atoms with van der Waals surface area (Å²) in [5.74, 6) is 0.0418. The lowest BCUT2D eigenvalue weighted by molar-refractivity contribution is 0.102. The number of hydrogen-bond donors (Lipinski definition) is 0. The normalized spacial score (nSPS) is 12.2. The number of halogens is 1. The quantitative estimate of drug-likeness (QED) is 0.607. The minimum absolute atomic E-state index is 0.00123. The summed E-state index contributed by atoms with van der Waals surface area (Å²) in [5.41, 5.74) is 2.90. The number of nitrogens with zero attached hydrogens (tertiary/aromatic N) is 2. The van der Waals surface area contributed by atoms with Gasteiger partial charge in [0, 0.05) is 29.0 Å². The first kappa shape index (κ1) is 15.3. The molecule has 0 saturated carbocycles. The van der Waals surface area contributed by atoms with Gasteiger partial charge in [0.2, 0.25) is 0 Å². The Bertz CT molecular complexity index is 447. The Morgan fingerprint density at radius 1 is 1.39 bits per heavy atom. The van der Waals surface area contributed by atoms with E-state index >= 15 is 0 Å². The first-order valence-electron chi connectivity index (χ1n) is 6.14. The Balaban J connectivity index is 3.12. The van der Waals surface area contributed by atoms with Crippen LogP contribution in [0.3, 0.4) is 0 Å². The molecule has 0 spiro atoms. The average Bonchev–Trinajstić information content (AvgIpc) is 2.55. The van der Waals surface area contributed by atoms with Gasteiger partial charge in [0.15, 0.2) is 5.78 Å². The molecule has 0 aliphatic heterocycles. The Morgan fingerprint density at radius 2 is 1.94 bits per heavy atom. The topological polar surface area (TPSA) is 25.2 Å². The van der Waals surface area contributed by atoms with Crippen LogP contribution in [0.1, 0.15) is 35.6 Å². The van der Waals surface area contributed by atoms with Crippen LogP contribution in [-0.4, -0.2) is 40.8 Å². The Labute approximate surface area is 115 Å². The van der Waals surface area contributed by atoms with E-state index in [1.165, 1.54) is 0 Å². The van der Waals surface area contributed by atoms with Crippen molar-refractivity contribution in [2.45, 2.75) is 39.8 Å². The summed E-state index contributed by atoms with van der Waals surface area (Å²) in [6, 6.07) is 1.94. The molecule has 1 aromatic rings. The van der Waals surface area contributed by atoms with Gasteiger partial charge in [-0.25, -0.2) is 0 Å². The van der Waals surface area contributed by atoms with Gasteiger partial charge < -0.3 is 9.47 Å². The smallest absolute Gasteiger partial charge is 0.179 e. The van der Waals surface area contributed by atoms with Crippen molar-refractivity contribution < 1.29 is 4.79 Å². The van der Waals surface area contributed by atoms with Crippen LogP contribution in [0.4, 0.5) is 0 Å². The summed E-state index contributed by atoms with van der Waals surface area (Å²) >= 11 is 5.64. The van der Waals surface area contributed by atoms with Crippen LogP contribution in [0.15, 0.2) is 6.07 Å². The van der Waals surface area contributed by atoms with E-state index in [1.807, 2.05) is 19.9 Å². The molecule has 0 atom stereocenters. The molecule has 0 N–H and O–H groups in total. The summed E-state index contributed by atoms with van der Waals surface area (Å²) in [5, 5.41) is 0. The minimum Gasteiger partial charge on any atom is -0.347 e. The molecular formula is C14H23ClN2O. The number of alkyl halides is 1. The van der Waals surface area contributed by atoms with E-state index in [2.05, 4.69) is 37.4 Å². The molecule has 0 amide bonds. The van der Waals surface area contributed by atoms with Crippen LogP contribution in [0, 0.1) is 13.8 Å². The van der Waals surface area contributed by atoms with Crippen molar-refractivity contribution >= 4 is 17.4 Å². The Morgan fingerprint density at radius 3 is 2.39 bits per heavy atom. The largest absolute Gasteiger partial charge is 0.347 e. The van der Waals surface area contributed by atoms with Gasteiger partial charge in [-0.15, -0.1) is 11.6 Å². The number of Topliss-reactive ketones (excluding diaryl/α,β-unsaturated/α-hetero) is 1. The highest BCUT2D eigenvalue weighted by atomic mass is 35.5. The standard InChI is InChI=1S/C14H23ClN2O/c1-10-7-12(13(18)8-15)11(2)17(10)9-14(3,4)16(5)6/h7H,8-9H2,1-6H3. The summed E-state index contributed by atoms with van der Waals surface area (Å²) < 4.78 is 2.19. The Kier molecular flexibility index (Phi) is 4.62. The van der Waals surface area contributed by atoms with Gasteiger partial charge in [-0.1, -0.05) is 0 Å². The minimum atomic E-state index is -0.00123. The Hall–Kier alpha value is -0.800. The molecule has 0 radical (unpaired) electrons. The van der Waals surface area contributed by atoms with E-state index in [9.17, 15) is 4.79 Å². The maximum atomic E-state index is 11.7. The third kappa shape index (κ3) is 2.96. The number of aromatic nitrogens is 1. The zero-order valence-electron chi connectivity index (χ0n) is 12.2. The molecular weight excluding hydrogens is 248 g/mol. The predicted octanol–water partition coefficient (Wildman–Crippen LogP) is 2.87. The number of carbonyl (C=O) groups is 1. The van der Waals surface area contributed by atoms with Gasteiger partial charge >= 0.3 is 0 Å². The zero-order valence-corrected chi connectivity index (χ0v) is 12.9. The van der Waals surface area contributed by atoms with Gasteiger partial charge in [0.25, 0.3) is 0 Å². The molecule has 0 aliphatic carbocycles. The van der Waals surface area contributed by atoms with E-state index < -0.39 is 0 Å². The van der Waals surface area contributed by atoms with Gasteiger partial charge in [-0.05, 0) is 47.9 Å². The predicted molar refractivity (Wildman–Crippen MR) is 76.7 cm³/mol. The van der Waals surface area contributed by atoms with E-state index in [-0.39, 0.29) is 17.2 Å². The van der Waals surface area contributed by atoms with Gasteiger partial charge in [0.1, 0.15) is 0 Å². The summed E-state index contributed by atoms with van der Waals surface area (Å²) in [4.78, 5) is 13.9. The first-order chi connectivity index (χ1) is 8.20. The number of aryl methyl sites for hydroxylation is 1. The highest BCUT2D eigenvalue weighted by Gasteiger charge is 2.24. The van der Waals surface area contributed by atoms with Crippen molar-refractivity contribution in [1.82, 2.24) is 9.47 Å². The van der Waals surface area contributed by atoms with Crippen molar-refractivity contribution in [2.24, 2.45) is 0 Å². The van der Waals surface area contributed by atoms with Gasteiger partial charge in [0.05, 0.1) is 5.88 Å². The molecule has 0 aromatic carbocycles. The fourth-order valence-corrected chi connectivity index (χ4v) is 2.07. The van der Waals surface area contributed by atoms with Crippen LogP contribution in [0.2, 0.25) is 0 Å². The molecule has 1 heterocycles. The first-order valence-corrected chi connectivity index (χ1v) is 6.67. The van der Waals surface area contributed by atoms with Crippen molar-refractivity contribution in [2.75, 3.05) is 20.0 Å². The molecule has 1 rings (SSSR count). The fraction of sp³-hybridized carbons (Fsp3) is 0.643. The number of carbonyl (C=O) groups excluding carboxylic acids is 1. The lowest BCUT2D eigenvalue weighted by Crippen LogP contribution is -2.42. The van der Waals surface area contributed by atoms with Crippen LogP contribution in [0.25, 0.3) is 0 Å². The lowest BCUT2D eigenvalue weighted by Gasteiger charge is -2.34. The third-order valence-corrected chi connectivity index (χ3v) is 3.99. The second-order valence-corrected chi connectivity index (χ2v) is 5.90. The molecule has 3 nitrogen and oxygen atoms in total. The molecule has 4 heteroatoms. The monoisotopic (exact) mass is 270 g/mol. The number of likely N-dealkylation sites (N-methyl/N-ethyl adjacent to an activating group) is 1. The SMILES string of the molecule is Cc1cc(C(=O)CCl)c(C)n1CC(C)(C)N(C)C. The van der Waals surface area contributed by atoms with Crippen molar-refractivity contribution in [3.63, 3.8) is 0 Å². The second-order valence-electron chi connectivity index (χ2n) is 5.63. The van der Waals surface area contributed by atoms with Gasteiger partial charge in [-0.2, -0.15) is 0 Å².